The van der Waals surface area contributed by atoms with Crippen LogP contribution in [-0.4, -0.2) is 36.6 Å². The van der Waals surface area contributed by atoms with E-state index in [4.69, 9.17) is 0 Å². The Balaban J connectivity index is 1.75. The van der Waals surface area contributed by atoms with Crippen LogP contribution in [-0.2, 0) is 6.42 Å². The molecule has 2 unspecified atom stereocenters. The number of hydrogen-bond donors (Lipinski definition) is 1. The van der Waals surface area contributed by atoms with Gasteiger partial charge >= 0.3 is 0 Å². The number of nitrogens with zero attached hydrogens (tertiary/aromatic N) is 1. The van der Waals surface area contributed by atoms with Crippen LogP contribution in [0, 0.1) is 5.82 Å². The fourth-order valence-electron chi connectivity index (χ4n) is 2.97. The molecule has 1 aliphatic heterocycles. The summed E-state index contributed by atoms with van der Waals surface area (Å²) in [5.41, 5.74) is 1.06. The van der Waals surface area contributed by atoms with Crippen LogP contribution in [0.4, 0.5) is 4.39 Å². The van der Waals surface area contributed by atoms with E-state index in [9.17, 15) is 4.39 Å². The van der Waals surface area contributed by atoms with Gasteiger partial charge in [0, 0.05) is 18.6 Å². The van der Waals surface area contributed by atoms with Crippen LogP contribution in [0.1, 0.15) is 32.3 Å². The van der Waals surface area contributed by atoms with Crippen LogP contribution >= 0.6 is 0 Å². The van der Waals surface area contributed by atoms with Gasteiger partial charge in [-0.25, -0.2) is 4.39 Å². The van der Waals surface area contributed by atoms with Crippen molar-refractivity contribution in [1.82, 2.24) is 10.2 Å². The van der Waals surface area contributed by atoms with E-state index in [0.717, 1.165) is 18.5 Å². The third-order valence-corrected chi connectivity index (χ3v) is 3.73. The van der Waals surface area contributed by atoms with Gasteiger partial charge in [0.1, 0.15) is 5.82 Å². The maximum absolute atomic E-state index is 13.1. The number of hydrogen-bond acceptors (Lipinski definition) is 2. The fraction of sp³-hybridized carbons (Fsp3) is 0.625. The van der Waals surface area contributed by atoms with Crippen LogP contribution in [0.3, 0.4) is 0 Å². The molecule has 2 rings (SSSR count). The Labute approximate surface area is 116 Å². The highest BCUT2D eigenvalue weighted by atomic mass is 19.1. The molecule has 0 spiro atoms. The first-order chi connectivity index (χ1) is 9.13. The highest BCUT2D eigenvalue weighted by Crippen LogP contribution is 2.09. The predicted molar refractivity (Wildman–Crippen MR) is 77.8 cm³/mol. The van der Waals surface area contributed by atoms with Gasteiger partial charge in [-0.3, -0.25) is 0 Å². The molecule has 1 aliphatic rings. The zero-order valence-corrected chi connectivity index (χ0v) is 12.0. The van der Waals surface area contributed by atoms with Gasteiger partial charge in [-0.05, 0) is 63.9 Å². The van der Waals surface area contributed by atoms with Crippen molar-refractivity contribution in [2.24, 2.45) is 0 Å². The Morgan fingerprint density at radius 3 is 2.63 bits per heavy atom. The van der Waals surface area contributed by atoms with Crippen molar-refractivity contribution in [2.75, 3.05) is 19.6 Å². The third kappa shape index (κ3) is 4.92. The molecule has 1 heterocycles. The molecule has 0 amide bonds. The highest BCUT2D eigenvalue weighted by molar-refractivity contribution is 5.17. The minimum atomic E-state index is -0.144. The Hall–Kier alpha value is -0.930. The molecule has 19 heavy (non-hydrogen) atoms. The maximum atomic E-state index is 13.1. The second-order valence-electron chi connectivity index (χ2n) is 5.81. The van der Waals surface area contributed by atoms with E-state index in [-0.39, 0.29) is 5.82 Å². The standard InChI is InChI=1S/C16H25FN2/c1-13(10-15-6-5-7-16(17)11-15)18-14(2)12-19-8-3-4-9-19/h5-7,11,13-14,18H,3-4,8-10,12H2,1-2H3. The van der Waals surface area contributed by atoms with Crippen molar-refractivity contribution in [2.45, 2.75) is 45.2 Å². The number of halogens is 1. The highest BCUT2D eigenvalue weighted by Gasteiger charge is 2.15. The third-order valence-electron chi connectivity index (χ3n) is 3.73. The number of nitrogens with one attached hydrogen (secondary N) is 1. The average Bonchev–Trinajstić information content (AvgIpc) is 2.81. The first-order valence-electron chi connectivity index (χ1n) is 7.36. The summed E-state index contributed by atoms with van der Waals surface area (Å²) in [6, 6.07) is 7.76. The molecule has 0 radical (unpaired) electrons. The molecule has 2 atom stereocenters. The molecule has 0 aromatic heterocycles. The van der Waals surface area contributed by atoms with Gasteiger partial charge in [0.2, 0.25) is 0 Å². The van der Waals surface area contributed by atoms with Gasteiger partial charge in [-0.15, -0.1) is 0 Å². The van der Waals surface area contributed by atoms with Gasteiger partial charge in [0.25, 0.3) is 0 Å². The van der Waals surface area contributed by atoms with Crippen LogP contribution in [0.5, 0.6) is 0 Å². The van der Waals surface area contributed by atoms with E-state index in [0.29, 0.717) is 12.1 Å². The molecule has 1 fully saturated rings. The summed E-state index contributed by atoms with van der Waals surface area (Å²) < 4.78 is 13.1. The lowest BCUT2D eigenvalue weighted by Crippen LogP contribution is -2.42. The molecule has 106 valence electrons. The summed E-state index contributed by atoms with van der Waals surface area (Å²) in [5, 5.41) is 3.61. The smallest absolute Gasteiger partial charge is 0.123 e. The summed E-state index contributed by atoms with van der Waals surface area (Å²) in [7, 11) is 0. The second-order valence-corrected chi connectivity index (χ2v) is 5.81. The summed E-state index contributed by atoms with van der Waals surface area (Å²) in [4.78, 5) is 2.52. The Morgan fingerprint density at radius 2 is 1.95 bits per heavy atom. The van der Waals surface area contributed by atoms with Gasteiger partial charge in [0.05, 0.1) is 0 Å². The SMILES string of the molecule is CC(Cc1cccc(F)c1)NC(C)CN1CCCC1. The molecule has 1 N–H and O–H groups in total. The van der Waals surface area contributed by atoms with E-state index >= 15 is 0 Å². The molecule has 0 saturated carbocycles. The van der Waals surface area contributed by atoms with E-state index < -0.39 is 0 Å². The van der Waals surface area contributed by atoms with Gasteiger partial charge < -0.3 is 10.2 Å². The Bertz CT molecular complexity index is 388. The molecule has 2 nitrogen and oxygen atoms in total. The minimum absolute atomic E-state index is 0.144. The molecular weight excluding hydrogens is 239 g/mol. The molecule has 1 saturated heterocycles. The van der Waals surface area contributed by atoms with E-state index in [2.05, 4.69) is 24.1 Å². The van der Waals surface area contributed by atoms with Crippen LogP contribution in [0.2, 0.25) is 0 Å². The molecular formula is C16H25FN2. The van der Waals surface area contributed by atoms with Crippen molar-refractivity contribution in [1.29, 1.82) is 0 Å². The number of benzene rings is 1. The first-order valence-corrected chi connectivity index (χ1v) is 7.36. The summed E-state index contributed by atoms with van der Waals surface area (Å²) in [6.07, 6.45) is 3.55. The molecule has 0 bridgehead atoms. The van der Waals surface area contributed by atoms with Gasteiger partial charge in [0.15, 0.2) is 0 Å². The molecule has 1 aromatic rings. The monoisotopic (exact) mass is 264 g/mol. The first kappa shape index (κ1) is 14.5. The minimum Gasteiger partial charge on any atom is -0.310 e. The molecule has 3 heteroatoms. The van der Waals surface area contributed by atoms with Crippen molar-refractivity contribution in [3.05, 3.63) is 35.6 Å². The second kappa shape index (κ2) is 7.01. The summed E-state index contributed by atoms with van der Waals surface area (Å²) >= 11 is 0. The Kier molecular flexibility index (Phi) is 5.34. The zero-order chi connectivity index (χ0) is 13.7. The van der Waals surface area contributed by atoms with Gasteiger partial charge in [-0.2, -0.15) is 0 Å². The molecule has 0 aliphatic carbocycles. The predicted octanol–water partition coefficient (Wildman–Crippen LogP) is 2.83. The van der Waals surface area contributed by atoms with Crippen molar-refractivity contribution in [3.63, 3.8) is 0 Å². The van der Waals surface area contributed by atoms with Gasteiger partial charge in [-0.1, -0.05) is 12.1 Å². The van der Waals surface area contributed by atoms with Crippen molar-refractivity contribution in [3.8, 4) is 0 Å². The van der Waals surface area contributed by atoms with E-state index in [1.807, 2.05) is 6.07 Å². The summed E-state index contributed by atoms with van der Waals surface area (Å²) in [6.45, 7) is 8.01. The lowest BCUT2D eigenvalue weighted by molar-refractivity contribution is 0.288. The largest absolute Gasteiger partial charge is 0.310 e. The van der Waals surface area contributed by atoms with Crippen LogP contribution < -0.4 is 5.32 Å². The zero-order valence-electron chi connectivity index (χ0n) is 12.0. The number of rotatable bonds is 6. The lowest BCUT2D eigenvalue weighted by atomic mass is 10.1. The fourth-order valence-corrected chi connectivity index (χ4v) is 2.97. The summed E-state index contributed by atoms with van der Waals surface area (Å²) in [5.74, 6) is -0.144. The van der Waals surface area contributed by atoms with E-state index in [1.54, 1.807) is 12.1 Å². The van der Waals surface area contributed by atoms with E-state index in [1.165, 1.54) is 32.0 Å². The van der Waals surface area contributed by atoms with Crippen molar-refractivity contribution >= 4 is 0 Å². The van der Waals surface area contributed by atoms with Crippen LogP contribution in [0.25, 0.3) is 0 Å². The average molecular weight is 264 g/mol. The quantitative estimate of drug-likeness (QED) is 0.850. The Morgan fingerprint density at radius 1 is 1.21 bits per heavy atom. The van der Waals surface area contributed by atoms with Crippen LogP contribution in [0.15, 0.2) is 24.3 Å². The molecule has 1 aromatic carbocycles. The lowest BCUT2D eigenvalue weighted by Gasteiger charge is -2.24. The normalized spacial score (nSPS) is 19.5. The topological polar surface area (TPSA) is 15.3 Å². The maximum Gasteiger partial charge on any atom is 0.123 e. The van der Waals surface area contributed by atoms with Crippen molar-refractivity contribution < 1.29 is 4.39 Å². The number of likely N-dealkylation sites (tertiary alicyclic amines) is 1.